The van der Waals surface area contributed by atoms with Crippen molar-refractivity contribution in [2.24, 2.45) is 0 Å². The van der Waals surface area contributed by atoms with Crippen LogP contribution < -0.4 is 19.6 Å². The molecule has 4 aromatic carbocycles. The molecule has 0 radical (unpaired) electrons. The molecule has 0 amide bonds. The van der Waals surface area contributed by atoms with Gasteiger partial charge in [-0.1, -0.05) is 72.8 Å². The summed E-state index contributed by atoms with van der Waals surface area (Å²) in [5.41, 5.74) is 2.09. The lowest BCUT2D eigenvalue weighted by Crippen LogP contribution is -2.11. The van der Waals surface area contributed by atoms with Gasteiger partial charge in [0.1, 0.15) is 18.8 Å². The maximum Gasteiger partial charge on any atom is 0.362 e. The van der Waals surface area contributed by atoms with E-state index in [1.165, 1.54) is 0 Å². The highest BCUT2D eigenvalue weighted by atomic mass is 31.2. The van der Waals surface area contributed by atoms with Gasteiger partial charge in [0, 0.05) is 5.56 Å². The van der Waals surface area contributed by atoms with Crippen LogP contribution in [0.1, 0.15) is 11.1 Å². The van der Waals surface area contributed by atoms with Gasteiger partial charge in [-0.15, -0.1) is 0 Å². The van der Waals surface area contributed by atoms with Gasteiger partial charge in [0.25, 0.3) is 0 Å². The molecule has 0 saturated heterocycles. The fraction of sp³-hybridized carbons (Fsp3) is 0.100. The van der Waals surface area contributed by atoms with E-state index in [1.54, 1.807) is 42.5 Å². The first kappa shape index (κ1) is 26.3. The average Bonchev–Trinajstić information content (AvgIpc) is 2.95. The zero-order chi connectivity index (χ0) is 27.2. The summed E-state index contributed by atoms with van der Waals surface area (Å²) in [6.07, 6.45) is -0.973. The predicted molar refractivity (Wildman–Crippen MR) is 147 cm³/mol. The molecule has 5 rings (SSSR count). The van der Waals surface area contributed by atoms with Crippen molar-refractivity contribution in [1.82, 2.24) is 0 Å². The van der Waals surface area contributed by atoms with Gasteiger partial charge >= 0.3 is 7.60 Å². The standard InChI is InChI=1S/C30H25O8P/c31-28-24-13-7-8-14-25(24)38-29(30(28)37-20-39(32,33)34)23-15-16-26(35-18-21-9-3-1-4-10-21)27(17-23)36-19-22-11-5-2-6-12-22/h1-17H,18-20H2,(H2,32,33,34). The number of rotatable bonds is 10. The minimum absolute atomic E-state index is 0.0197. The van der Waals surface area contributed by atoms with Crippen LogP contribution in [0.4, 0.5) is 0 Å². The first-order valence-electron chi connectivity index (χ1n) is 12.1. The molecule has 5 aromatic rings. The zero-order valence-corrected chi connectivity index (χ0v) is 21.6. The molecule has 0 saturated carbocycles. The van der Waals surface area contributed by atoms with Crippen molar-refractivity contribution in [2.75, 3.05) is 6.35 Å². The second kappa shape index (κ2) is 11.6. The summed E-state index contributed by atoms with van der Waals surface area (Å²) < 4.78 is 35.1. The van der Waals surface area contributed by atoms with Gasteiger partial charge in [-0.3, -0.25) is 9.36 Å². The molecule has 8 nitrogen and oxygen atoms in total. The fourth-order valence-electron chi connectivity index (χ4n) is 3.95. The summed E-state index contributed by atoms with van der Waals surface area (Å²) in [6.45, 7) is 0.568. The third-order valence-corrected chi connectivity index (χ3v) is 6.28. The molecular formula is C30H25O8P. The first-order valence-corrected chi connectivity index (χ1v) is 13.9. The Kier molecular flexibility index (Phi) is 7.79. The van der Waals surface area contributed by atoms with Crippen LogP contribution in [0.25, 0.3) is 22.3 Å². The highest BCUT2D eigenvalue weighted by molar-refractivity contribution is 7.51. The summed E-state index contributed by atoms with van der Waals surface area (Å²) in [7, 11) is -4.57. The molecular weight excluding hydrogens is 519 g/mol. The number of fused-ring (bicyclic) bond motifs is 1. The van der Waals surface area contributed by atoms with Crippen LogP contribution in [0.3, 0.4) is 0 Å². The summed E-state index contributed by atoms with van der Waals surface area (Å²) in [5.74, 6) is 0.582. The molecule has 0 spiro atoms. The van der Waals surface area contributed by atoms with Gasteiger partial charge in [0.2, 0.25) is 11.2 Å². The van der Waals surface area contributed by atoms with E-state index in [9.17, 15) is 19.1 Å². The molecule has 1 aromatic heterocycles. The lowest BCUT2D eigenvalue weighted by Gasteiger charge is -2.16. The summed E-state index contributed by atoms with van der Waals surface area (Å²) in [6, 6.07) is 30.9. The van der Waals surface area contributed by atoms with E-state index in [4.69, 9.17) is 18.6 Å². The van der Waals surface area contributed by atoms with Crippen LogP contribution in [-0.2, 0) is 17.8 Å². The molecule has 1 heterocycles. The Hall–Kier alpha value is -4.36. The van der Waals surface area contributed by atoms with Crippen LogP contribution in [0, 0.1) is 0 Å². The van der Waals surface area contributed by atoms with Crippen molar-refractivity contribution in [2.45, 2.75) is 13.2 Å². The smallest absolute Gasteiger partial charge is 0.362 e. The quantitative estimate of drug-likeness (QED) is 0.202. The minimum Gasteiger partial charge on any atom is -0.485 e. The van der Waals surface area contributed by atoms with Gasteiger partial charge in [-0.05, 0) is 41.5 Å². The Balaban J connectivity index is 1.56. The number of ether oxygens (including phenoxy) is 3. The third-order valence-electron chi connectivity index (χ3n) is 5.81. The lowest BCUT2D eigenvalue weighted by atomic mass is 10.1. The van der Waals surface area contributed by atoms with E-state index in [0.29, 0.717) is 29.3 Å². The molecule has 0 aliphatic heterocycles. The highest BCUT2D eigenvalue weighted by Crippen LogP contribution is 2.40. The Morgan fingerprint density at radius 2 is 1.28 bits per heavy atom. The second-order valence-electron chi connectivity index (χ2n) is 8.73. The molecule has 0 atom stereocenters. The highest BCUT2D eigenvalue weighted by Gasteiger charge is 2.23. The maximum absolute atomic E-state index is 13.3. The average molecular weight is 544 g/mol. The Morgan fingerprint density at radius 3 is 1.92 bits per heavy atom. The minimum atomic E-state index is -4.57. The van der Waals surface area contributed by atoms with Crippen LogP contribution in [0.15, 0.2) is 112 Å². The predicted octanol–water partition coefficient (Wildman–Crippen LogP) is 6.13. The lowest BCUT2D eigenvalue weighted by molar-refractivity contribution is 0.256. The van der Waals surface area contributed by atoms with Crippen molar-refractivity contribution in [3.05, 3.63) is 124 Å². The van der Waals surface area contributed by atoms with Crippen LogP contribution in [-0.4, -0.2) is 16.1 Å². The van der Waals surface area contributed by atoms with E-state index in [-0.39, 0.29) is 23.5 Å². The summed E-state index contributed by atoms with van der Waals surface area (Å²) in [4.78, 5) is 32.0. The molecule has 0 unspecified atom stereocenters. The van der Waals surface area contributed by atoms with Crippen molar-refractivity contribution < 1.29 is 33.0 Å². The van der Waals surface area contributed by atoms with E-state index in [1.807, 2.05) is 60.7 Å². The van der Waals surface area contributed by atoms with E-state index in [0.717, 1.165) is 11.1 Å². The van der Waals surface area contributed by atoms with E-state index >= 15 is 0 Å². The molecule has 198 valence electrons. The van der Waals surface area contributed by atoms with Crippen LogP contribution in [0.5, 0.6) is 17.2 Å². The van der Waals surface area contributed by atoms with Gasteiger partial charge in [0.15, 0.2) is 23.6 Å². The Labute approximate surface area is 224 Å². The van der Waals surface area contributed by atoms with Crippen LogP contribution >= 0.6 is 7.60 Å². The molecule has 0 aliphatic carbocycles. The van der Waals surface area contributed by atoms with Crippen molar-refractivity contribution in [3.63, 3.8) is 0 Å². The molecule has 2 N–H and O–H groups in total. The molecule has 9 heteroatoms. The van der Waals surface area contributed by atoms with E-state index in [2.05, 4.69) is 0 Å². The normalized spacial score (nSPS) is 11.3. The largest absolute Gasteiger partial charge is 0.485 e. The molecule has 39 heavy (non-hydrogen) atoms. The van der Waals surface area contributed by atoms with Crippen molar-refractivity contribution >= 4 is 18.6 Å². The SMILES string of the molecule is O=c1c(OCP(=O)(O)O)c(-c2ccc(OCc3ccccc3)c(OCc3ccccc3)c2)oc2ccccc12. The summed E-state index contributed by atoms with van der Waals surface area (Å²) >= 11 is 0. The van der Waals surface area contributed by atoms with Gasteiger partial charge in [0.05, 0.1) is 5.39 Å². The topological polar surface area (TPSA) is 115 Å². The van der Waals surface area contributed by atoms with Crippen LogP contribution in [0.2, 0.25) is 0 Å². The molecule has 0 bridgehead atoms. The van der Waals surface area contributed by atoms with Gasteiger partial charge in [-0.2, -0.15) is 0 Å². The Bertz CT molecular complexity index is 1680. The second-order valence-corrected chi connectivity index (χ2v) is 10.3. The number of hydrogen-bond acceptors (Lipinski definition) is 6. The third kappa shape index (κ3) is 6.56. The van der Waals surface area contributed by atoms with Crippen molar-refractivity contribution in [3.8, 4) is 28.6 Å². The molecule has 0 fully saturated rings. The number of para-hydroxylation sites is 1. The first-order chi connectivity index (χ1) is 18.9. The van der Waals surface area contributed by atoms with E-state index < -0.39 is 19.4 Å². The maximum atomic E-state index is 13.3. The number of benzene rings is 4. The summed E-state index contributed by atoms with van der Waals surface area (Å²) in [5, 5.41) is 0.227. The van der Waals surface area contributed by atoms with Gasteiger partial charge in [-0.25, -0.2) is 0 Å². The Morgan fingerprint density at radius 1 is 0.692 bits per heavy atom. The monoisotopic (exact) mass is 544 g/mol. The fourth-order valence-corrected chi connectivity index (χ4v) is 4.24. The van der Waals surface area contributed by atoms with Gasteiger partial charge < -0.3 is 28.4 Å². The molecule has 0 aliphatic rings. The van der Waals surface area contributed by atoms with Crippen molar-refractivity contribution in [1.29, 1.82) is 0 Å². The number of hydrogen-bond donors (Lipinski definition) is 2. The zero-order valence-electron chi connectivity index (χ0n) is 20.7.